The minimum Gasteiger partial charge on any atom is -0.463 e. The molecule has 0 fully saturated rings. The first kappa shape index (κ1) is 27.2. The van der Waals surface area contributed by atoms with Crippen LogP contribution in [0.2, 0.25) is 0 Å². The lowest BCUT2D eigenvalue weighted by Gasteiger charge is -2.23. The third kappa shape index (κ3) is 7.37. The van der Waals surface area contributed by atoms with E-state index in [1.165, 1.54) is 4.31 Å². The average Bonchev–Trinajstić information content (AvgIpc) is 2.93. The summed E-state index contributed by atoms with van der Waals surface area (Å²) in [4.78, 5) is 16.4. The Morgan fingerprint density at radius 2 is 1.53 bits per heavy atom. The first-order valence-corrected chi connectivity index (χ1v) is 14.1. The van der Waals surface area contributed by atoms with Crippen LogP contribution in [0.3, 0.4) is 0 Å². The van der Waals surface area contributed by atoms with Gasteiger partial charge in [-0.2, -0.15) is 4.31 Å². The van der Waals surface area contributed by atoms with E-state index < -0.39 is 10.0 Å². The Morgan fingerprint density at radius 1 is 0.816 bits per heavy atom. The van der Waals surface area contributed by atoms with Gasteiger partial charge in [-0.1, -0.05) is 72.8 Å². The number of aromatic nitrogens is 1. The molecule has 3 aromatic carbocycles. The predicted molar refractivity (Wildman–Crippen MR) is 149 cm³/mol. The van der Waals surface area contributed by atoms with Crippen molar-refractivity contribution < 1.29 is 17.9 Å². The van der Waals surface area contributed by atoms with Gasteiger partial charge in [-0.3, -0.25) is 9.78 Å². The molecule has 1 heterocycles. The standard InChI is InChI=1S/C31H32N2O4S/c1-24(2)37-31(34)18-15-25-8-6-9-27(20-25)23-33(38(35,36)30-11-4-3-5-12-30)22-26-13-16-28(17-14-26)29-10-7-19-32-21-29/h3-14,16-17,19-21,24H,15,18,22-23H2,1-2H3. The van der Waals surface area contributed by atoms with Crippen molar-refractivity contribution in [3.8, 4) is 11.1 Å². The molecule has 7 heteroatoms. The summed E-state index contributed by atoms with van der Waals surface area (Å²) in [5.41, 5.74) is 4.71. The topological polar surface area (TPSA) is 76.6 Å². The number of pyridine rings is 1. The number of ether oxygens (including phenoxy) is 1. The molecule has 0 unspecified atom stereocenters. The lowest BCUT2D eigenvalue weighted by molar-refractivity contribution is -0.147. The Morgan fingerprint density at radius 3 is 2.21 bits per heavy atom. The molecular formula is C31H32N2O4S. The lowest BCUT2D eigenvalue weighted by atomic mass is 10.1. The van der Waals surface area contributed by atoms with E-state index in [1.54, 1.807) is 42.7 Å². The highest BCUT2D eigenvalue weighted by Crippen LogP contribution is 2.24. The van der Waals surface area contributed by atoms with Gasteiger partial charge in [-0.25, -0.2) is 8.42 Å². The molecule has 1 aromatic heterocycles. The maximum absolute atomic E-state index is 13.7. The first-order valence-electron chi connectivity index (χ1n) is 12.6. The van der Waals surface area contributed by atoms with Crippen molar-refractivity contribution in [1.29, 1.82) is 0 Å². The van der Waals surface area contributed by atoms with Crippen molar-refractivity contribution >= 4 is 16.0 Å². The maximum atomic E-state index is 13.7. The summed E-state index contributed by atoms with van der Waals surface area (Å²) >= 11 is 0. The zero-order chi connectivity index (χ0) is 27.0. The highest BCUT2D eigenvalue weighted by atomic mass is 32.2. The number of hydrogen-bond donors (Lipinski definition) is 0. The fourth-order valence-electron chi connectivity index (χ4n) is 4.16. The zero-order valence-electron chi connectivity index (χ0n) is 21.7. The van der Waals surface area contributed by atoms with Crippen LogP contribution in [0.25, 0.3) is 11.1 Å². The molecule has 4 aromatic rings. The number of benzene rings is 3. The van der Waals surface area contributed by atoms with Crippen LogP contribution in [-0.2, 0) is 39.1 Å². The van der Waals surface area contributed by atoms with Gasteiger partial charge in [0, 0.05) is 31.9 Å². The van der Waals surface area contributed by atoms with E-state index >= 15 is 0 Å². The van der Waals surface area contributed by atoms with Crippen LogP contribution >= 0.6 is 0 Å². The second-order valence-electron chi connectivity index (χ2n) is 9.38. The quantitative estimate of drug-likeness (QED) is 0.222. The summed E-state index contributed by atoms with van der Waals surface area (Å²) in [6.45, 7) is 4.07. The summed E-state index contributed by atoms with van der Waals surface area (Å²) in [5.74, 6) is -0.242. The number of esters is 1. The average molecular weight is 529 g/mol. The highest BCUT2D eigenvalue weighted by molar-refractivity contribution is 7.89. The number of carbonyl (C=O) groups is 1. The lowest BCUT2D eigenvalue weighted by Crippen LogP contribution is -2.30. The zero-order valence-corrected chi connectivity index (χ0v) is 22.5. The third-order valence-corrected chi connectivity index (χ3v) is 7.83. The van der Waals surface area contributed by atoms with Crippen molar-refractivity contribution in [3.63, 3.8) is 0 Å². The number of aryl methyl sites for hydroxylation is 1. The molecule has 0 aliphatic carbocycles. The number of sulfonamides is 1. The van der Waals surface area contributed by atoms with Crippen molar-refractivity contribution in [2.75, 3.05) is 0 Å². The summed E-state index contributed by atoms with van der Waals surface area (Å²) < 4.78 is 34.1. The fourth-order valence-corrected chi connectivity index (χ4v) is 5.60. The molecular weight excluding hydrogens is 496 g/mol. The first-order chi connectivity index (χ1) is 18.3. The summed E-state index contributed by atoms with van der Waals surface area (Å²) in [6, 6.07) is 27.9. The Balaban J connectivity index is 1.56. The van der Waals surface area contributed by atoms with Crippen LogP contribution in [0.4, 0.5) is 0 Å². The van der Waals surface area contributed by atoms with Crippen LogP contribution in [-0.4, -0.2) is 29.8 Å². The van der Waals surface area contributed by atoms with Crippen LogP contribution in [0, 0.1) is 0 Å². The number of hydrogen-bond acceptors (Lipinski definition) is 5. The minimum atomic E-state index is -3.76. The van der Waals surface area contributed by atoms with Crippen molar-refractivity contribution in [1.82, 2.24) is 9.29 Å². The van der Waals surface area contributed by atoms with E-state index in [1.807, 2.05) is 74.5 Å². The number of rotatable bonds is 11. The molecule has 0 aliphatic heterocycles. The molecule has 0 saturated carbocycles. The van der Waals surface area contributed by atoms with E-state index in [2.05, 4.69) is 4.98 Å². The van der Waals surface area contributed by atoms with Crippen molar-refractivity contribution in [2.45, 2.75) is 50.8 Å². The molecule has 4 rings (SSSR count). The Hall–Kier alpha value is -3.81. The molecule has 0 aliphatic rings. The smallest absolute Gasteiger partial charge is 0.306 e. The fraction of sp³-hybridized carbons (Fsp3) is 0.226. The molecule has 0 amide bonds. The molecule has 0 radical (unpaired) electrons. The molecule has 196 valence electrons. The van der Waals surface area contributed by atoms with Gasteiger partial charge < -0.3 is 4.74 Å². The molecule has 0 N–H and O–H groups in total. The second-order valence-corrected chi connectivity index (χ2v) is 11.3. The van der Waals surface area contributed by atoms with Crippen LogP contribution in [0.1, 0.15) is 37.0 Å². The van der Waals surface area contributed by atoms with E-state index in [0.717, 1.165) is 27.8 Å². The normalized spacial score (nSPS) is 11.6. The largest absolute Gasteiger partial charge is 0.463 e. The van der Waals surface area contributed by atoms with E-state index in [4.69, 9.17) is 4.74 Å². The van der Waals surface area contributed by atoms with Crippen molar-refractivity contribution in [3.05, 3.63) is 120 Å². The SMILES string of the molecule is CC(C)OC(=O)CCc1cccc(CN(Cc2ccc(-c3cccnc3)cc2)S(=O)(=O)c2ccccc2)c1. The van der Waals surface area contributed by atoms with E-state index in [-0.39, 0.29) is 36.5 Å². The van der Waals surface area contributed by atoms with Crippen LogP contribution in [0.5, 0.6) is 0 Å². The van der Waals surface area contributed by atoms with E-state index in [9.17, 15) is 13.2 Å². The Bertz CT molecular complexity index is 1440. The maximum Gasteiger partial charge on any atom is 0.306 e. The summed E-state index contributed by atoms with van der Waals surface area (Å²) in [6.07, 6.45) is 4.19. The van der Waals surface area contributed by atoms with Gasteiger partial charge in [0.05, 0.1) is 11.0 Å². The predicted octanol–water partition coefficient (Wildman–Crippen LogP) is 6.02. The van der Waals surface area contributed by atoms with Crippen LogP contribution < -0.4 is 0 Å². The van der Waals surface area contributed by atoms with Gasteiger partial charge in [0.2, 0.25) is 10.0 Å². The molecule has 0 saturated heterocycles. The molecule has 38 heavy (non-hydrogen) atoms. The molecule has 6 nitrogen and oxygen atoms in total. The summed E-state index contributed by atoms with van der Waals surface area (Å²) in [5, 5.41) is 0. The van der Waals surface area contributed by atoms with Gasteiger partial charge in [0.1, 0.15) is 0 Å². The second kappa shape index (κ2) is 12.6. The van der Waals surface area contributed by atoms with Gasteiger partial charge in [0.25, 0.3) is 0 Å². The van der Waals surface area contributed by atoms with E-state index in [0.29, 0.717) is 6.42 Å². The highest BCUT2D eigenvalue weighted by Gasteiger charge is 2.25. The monoisotopic (exact) mass is 528 g/mol. The van der Waals surface area contributed by atoms with Gasteiger partial charge >= 0.3 is 5.97 Å². The third-order valence-electron chi connectivity index (χ3n) is 6.02. The van der Waals surface area contributed by atoms with Gasteiger partial charge in [0.15, 0.2) is 0 Å². The Kier molecular flexibility index (Phi) is 9.05. The number of carbonyl (C=O) groups excluding carboxylic acids is 1. The molecule has 0 spiro atoms. The van der Waals surface area contributed by atoms with Crippen LogP contribution in [0.15, 0.2) is 108 Å². The minimum absolute atomic E-state index is 0.149. The van der Waals surface area contributed by atoms with Gasteiger partial charge in [-0.15, -0.1) is 0 Å². The Labute approximate surface area is 225 Å². The molecule has 0 atom stereocenters. The molecule has 0 bridgehead atoms. The van der Waals surface area contributed by atoms with Gasteiger partial charge in [-0.05, 0) is 66.3 Å². The van der Waals surface area contributed by atoms with Crippen molar-refractivity contribution in [2.24, 2.45) is 0 Å². The summed E-state index contributed by atoms with van der Waals surface area (Å²) in [7, 11) is -3.76. The number of nitrogens with zero attached hydrogens (tertiary/aromatic N) is 2.